The number of pyridine rings is 1. The van der Waals surface area contributed by atoms with Crippen LogP contribution in [0.4, 0.5) is 23.2 Å². The Balaban J connectivity index is 1.77. The van der Waals surface area contributed by atoms with E-state index in [0.29, 0.717) is 11.1 Å². The highest BCUT2D eigenvalue weighted by Gasteiger charge is 2.39. The molecule has 12 heteroatoms. The van der Waals surface area contributed by atoms with E-state index in [9.17, 15) is 27.5 Å². The number of halogens is 4. The summed E-state index contributed by atoms with van der Waals surface area (Å²) in [4.78, 5) is 15.7. The van der Waals surface area contributed by atoms with Crippen molar-refractivity contribution in [2.75, 3.05) is 5.32 Å². The molecule has 0 bridgehead atoms. The van der Waals surface area contributed by atoms with E-state index in [-0.39, 0.29) is 34.4 Å². The van der Waals surface area contributed by atoms with Gasteiger partial charge in [-0.05, 0) is 42.8 Å². The maximum atomic E-state index is 14.6. The highest BCUT2D eigenvalue weighted by molar-refractivity contribution is 5.95. The van der Waals surface area contributed by atoms with Crippen LogP contribution in [0.1, 0.15) is 44.8 Å². The van der Waals surface area contributed by atoms with Crippen LogP contribution in [0.3, 0.4) is 0 Å². The van der Waals surface area contributed by atoms with Gasteiger partial charge in [0.15, 0.2) is 11.9 Å². The van der Waals surface area contributed by atoms with E-state index in [4.69, 9.17) is 11.0 Å². The van der Waals surface area contributed by atoms with Crippen molar-refractivity contribution >= 4 is 22.5 Å². The van der Waals surface area contributed by atoms with Gasteiger partial charge < -0.3 is 16.2 Å². The van der Waals surface area contributed by atoms with Gasteiger partial charge in [0.1, 0.15) is 11.5 Å². The number of nitrogens with one attached hydrogen (secondary N) is 1. The van der Waals surface area contributed by atoms with E-state index in [2.05, 4.69) is 15.4 Å². The molecule has 36 heavy (non-hydrogen) atoms. The van der Waals surface area contributed by atoms with E-state index in [0.717, 1.165) is 16.8 Å². The van der Waals surface area contributed by atoms with E-state index >= 15 is 0 Å². The molecule has 184 valence electrons. The highest BCUT2D eigenvalue weighted by atomic mass is 19.4. The second-order valence-corrected chi connectivity index (χ2v) is 7.91. The number of primary amides is 1. The molecular formula is C24H18F4N6O2. The van der Waals surface area contributed by atoms with Crippen LogP contribution < -0.4 is 11.1 Å². The standard InChI is InChI=1S/C24H18F4N6O2/c1-12-20(21(24(26,27)28)33-34(12)11-14-7-5-13(10-29)6-8-14)32-23(36)15-9-18(22(30)35)31-17-4-2-3-16(25)19(15)17/h2-9,23,32,36H,11H2,1H3,(H2,30,35). The normalized spacial score (nSPS) is 12.4. The topological polar surface area (TPSA) is 130 Å². The number of rotatable bonds is 6. The van der Waals surface area contributed by atoms with Crippen LogP contribution in [0.2, 0.25) is 0 Å². The van der Waals surface area contributed by atoms with Gasteiger partial charge in [-0.3, -0.25) is 9.48 Å². The monoisotopic (exact) mass is 498 g/mol. The number of hydrogen-bond donors (Lipinski definition) is 3. The third-order valence-electron chi connectivity index (χ3n) is 5.53. The fraction of sp³-hybridized carbons (Fsp3) is 0.167. The lowest BCUT2D eigenvalue weighted by atomic mass is 10.0. The van der Waals surface area contributed by atoms with E-state index < -0.39 is 35.5 Å². The Morgan fingerprint density at radius 3 is 2.56 bits per heavy atom. The van der Waals surface area contributed by atoms with Gasteiger partial charge in [-0.1, -0.05) is 18.2 Å². The zero-order valence-electron chi connectivity index (χ0n) is 18.6. The molecule has 0 spiro atoms. The summed E-state index contributed by atoms with van der Waals surface area (Å²) in [6, 6.07) is 13.0. The molecule has 0 aliphatic carbocycles. The summed E-state index contributed by atoms with van der Waals surface area (Å²) in [6.45, 7) is 1.33. The fourth-order valence-corrected chi connectivity index (χ4v) is 3.76. The van der Waals surface area contributed by atoms with Gasteiger partial charge in [-0.15, -0.1) is 0 Å². The maximum Gasteiger partial charge on any atom is 0.437 e. The number of benzene rings is 2. The Hall–Kier alpha value is -4.50. The molecule has 0 saturated heterocycles. The van der Waals surface area contributed by atoms with E-state index in [1.54, 1.807) is 12.1 Å². The van der Waals surface area contributed by atoms with Gasteiger partial charge in [0.05, 0.1) is 35.1 Å². The lowest BCUT2D eigenvalue weighted by Gasteiger charge is -2.19. The molecule has 0 radical (unpaired) electrons. The number of nitrogens with two attached hydrogens (primary N) is 1. The van der Waals surface area contributed by atoms with Crippen molar-refractivity contribution in [1.82, 2.24) is 14.8 Å². The zero-order valence-corrected chi connectivity index (χ0v) is 18.6. The Labute approximate surface area is 201 Å². The number of nitriles is 1. The molecule has 0 fully saturated rings. The van der Waals surface area contributed by atoms with Crippen LogP contribution in [-0.4, -0.2) is 25.8 Å². The lowest BCUT2D eigenvalue weighted by Crippen LogP contribution is -2.18. The molecule has 4 N–H and O–H groups in total. The maximum absolute atomic E-state index is 14.6. The van der Waals surface area contributed by atoms with Crippen LogP contribution in [-0.2, 0) is 12.7 Å². The van der Waals surface area contributed by atoms with Gasteiger partial charge in [0.2, 0.25) is 0 Å². The smallest absolute Gasteiger partial charge is 0.369 e. The van der Waals surface area contributed by atoms with Gasteiger partial charge in [-0.2, -0.15) is 23.5 Å². The molecule has 0 aliphatic heterocycles. The van der Waals surface area contributed by atoms with Crippen molar-refractivity contribution in [2.45, 2.75) is 25.9 Å². The summed E-state index contributed by atoms with van der Waals surface area (Å²) in [5.74, 6) is -1.76. The van der Waals surface area contributed by atoms with Crippen molar-refractivity contribution < 1.29 is 27.5 Å². The molecule has 4 rings (SSSR count). The molecule has 1 unspecified atom stereocenters. The second kappa shape index (κ2) is 9.27. The summed E-state index contributed by atoms with van der Waals surface area (Å²) in [5, 5.41) is 25.7. The minimum atomic E-state index is -4.88. The number of aliphatic hydroxyl groups excluding tert-OH is 1. The Bertz CT molecular complexity index is 1510. The first-order chi connectivity index (χ1) is 17.0. The molecule has 2 aromatic carbocycles. The molecular weight excluding hydrogens is 480 g/mol. The van der Waals surface area contributed by atoms with Crippen molar-refractivity contribution in [3.05, 3.63) is 88.1 Å². The Morgan fingerprint density at radius 1 is 1.25 bits per heavy atom. The highest BCUT2D eigenvalue weighted by Crippen LogP contribution is 2.38. The number of anilines is 1. The van der Waals surface area contributed by atoms with Crippen LogP contribution in [0.25, 0.3) is 10.9 Å². The second-order valence-electron chi connectivity index (χ2n) is 7.91. The Morgan fingerprint density at radius 2 is 1.94 bits per heavy atom. The number of alkyl halides is 3. The lowest BCUT2D eigenvalue weighted by molar-refractivity contribution is -0.140. The molecule has 4 aromatic rings. The average Bonchev–Trinajstić information content (AvgIpc) is 3.14. The predicted octanol–water partition coefficient (Wildman–Crippen LogP) is 4.02. The zero-order chi connectivity index (χ0) is 26.2. The first-order valence-electron chi connectivity index (χ1n) is 10.5. The van der Waals surface area contributed by atoms with Crippen molar-refractivity contribution in [1.29, 1.82) is 5.26 Å². The van der Waals surface area contributed by atoms with Gasteiger partial charge in [-0.25, -0.2) is 9.37 Å². The fourth-order valence-electron chi connectivity index (χ4n) is 3.76. The number of aliphatic hydroxyl groups is 1. The van der Waals surface area contributed by atoms with Gasteiger partial charge >= 0.3 is 6.18 Å². The van der Waals surface area contributed by atoms with E-state index in [1.807, 2.05) is 6.07 Å². The molecule has 8 nitrogen and oxygen atoms in total. The number of hydrogen-bond acceptors (Lipinski definition) is 6. The minimum Gasteiger partial charge on any atom is -0.369 e. The van der Waals surface area contributed by atoms with Crippen LogP contribution >= 0.6 is 0 Å². The summed E-state index contributed by atoms with van der Waals surface area (Å²) in [5.41, 5.74) is 3.97. The number of carbonyl (C=O) groups is 1. The van der Waals surface area contributed by atoms with Gasteiger partial charge in [0, 0.05) is 10.9 Å². The third kappa shape index (κ3) is 4.69. The van der Waals surface area contributed by atoms with Crippen molar-refractivity contribution in [3.63, 3.8) is 0 Å². The van der Waals surface area contributed by atoms with Crippen LogP contribution in [0.5, 0.6) is 0 Å². The first-order valence-corrected chi connectivity index (χ1v) is 10.5. The third-order valence-corrected chi connectivity index (χ3v) is 5.53. The minimum absolute atomic E-state index is 0.00794. The largest absolute Gasteiger partial charge is 0.437 e. The summed E-state index contributed by atoms with van der Waals surface area (Å²) < 4.78 is 57.3. The molecule has 1 amide bonds. The number of fused-ring (bicyclic) bond motifs is 1. The quantitative estimate of drug-likeness (QED) is 0.272. The average molecular weight is 498 g/mol. The molecule has 1 atom stereocenters. The Kier molecular flexibility index (Phi) is 6.34. The molecule has 0 saturated carbocycles. The number of carbonyl (C=O) groups excluding carboxylic acids is 1. The first kappa shape index (κ1) is 24.6. The summed E-state index contributed by atoms with van der Waals surface area (Å²) >= 11 is 0. The van der Waals surface area contributed by atoms with Crippen LogP contribution in [0, 0.1) is 24.1 Å². The SMILES string of the molecule is Cc1c(NC(O)c2cc(C(N)=O)nc3cccc(F)c23)c(C(F)(F)F)nn1Cc1ccc(C#N)cc1. The number of aromatic nitrogens is 3. The summed E-state index contributed by atoms with van der Waals surface area (Å²) in [7, 11) is 0. The molecule has 2 aromatic heterocycles. The van der Waals surface area contributed by atoms with Crippen molar-refractivity contribution in [3.8, 4) is 6.07 Å². The van der Waals surface area contributed by atoms with Crippen LogP contribution in [0.15, 0.2) is 48.5 Å². The van der Waals surface area contributed by atoms with E-state index in [1.165, 1.54) is 31.2 Å². The van der Waals surface area contributed by atoms with Crippen molar-refractivity contribution in [2.24, 2.45) is 5.73 Å². The molecule has 2 heterocycles. The van der Waals surface area contributed by atoms with Gasteiger partial charge in [0.25, 0.3) is 5.91 Å². The molecule has 0 aliphatic rings. The predicted molar refractivity (Wildman–Crippen MR) is 121 cm³/mol. The number of nitrogens with zero attached hydrogens (tertiary/aromatic N) is 4. The summed E-state index contributed by atoms with van der Waals surface area (Å²) in [6.07, 6.45) is -6.76. The number of amides is 1.